The summed E-state index contributed by atoms with van der Waals surface area (Å²) in [4.78, 5) is 24.5. The monoisotopic (exact) mass is 363 g/mol. The van der Waals surface area contributed by atoms with Gasteiger partial charge in [-0.3, -0.25) is 9.59 Å². The summed E-state index contributed by atoms with van der Waals surface area (Å²) < 4.78 is 40.7. The van der Waals surface area contributed by atoms with Crippen LogP contribution in [-0.2, 0) is 26.8 Å². The summed E-state index contributed by atoms with van der Waals surface area (Å²) in [7, 11) is 3.30. The molecule has 0 saturated carbocycles. The summed E-state index contributed by atoms with van der Waals surface area (Å²) >= 11 is 0. The lowest BCUT2D eigenvalue weighted by Gasteiger charge is -2.09. The van der Waals surface area contributed by atoms with Crippen LogP contribution < -0.4 is 10.9 Å². The number of fused-ring (bicyclic) bond motifs is 1. The van der Waals surface area contributed by atoms with Gasteiger partial charge in [0.2, 0.25) is 0 Å². The lowest BCUT2D eigenvalue weighted by atomic mass is 10.1. The van der Waals surface area contributed by atoms with Gasteiger partial charge in [-0.15, -0.1) is 0 Å². The van der Waals surface area contributed by atoms with E-state index in [1.807, 2.05) is 0 Å². The zero-order valence-electron chi connectivity index (χ0n) is 14.1. The average Bonchev–Trinajstić information content (AvgIpc) is 2.93. The Bertz CT molecular complexity index is 1030. The Morgan fingerprint density at radius 3 is 2.38 bits per heavy atom. The number of halogens is 3. The number of aromatic nitrogens is 2. The van der Waals surface area contributed by atoms with Crippen molar-refractivity contribution < 1.29 is 18.0 Å². The smallest absolute Gasteiger partial charge is 0.347 e. The number of nitrogens with zero attached hydrogens (tertiary/aromatic N) is 2. The maximum atomic E-state index is 12.6. The third-order valence-electron chi connectivity index (χ3n) is 4.25. The number of benzene rings is 1. The highest BCUT2D eigenvalue weighted by Gasteiger charge is 2.29. The molecule has 0 aliphatic heterocycles. The number of hydrogen-bond acceptors (Lipinski definition) is 2. The van der Waals surface area contributed by atoms with E-state index in [4.69, 9.17) is 0 Å². The Morgan fingerprint density at radius 1 is 1.12 bits per heavy atom. The molecule has 0 fully saturated rings. The van der Waals surface area contributed by atoms with Crippen LogP contribution in [0.2, 0.25) is 0 Å². The van der Waals surface area contributed by atoms with E-state index < -0.39 is 17.6 Å². The molecule has 1 amide bonds. The molecule has 0 bridgehead atoms. The van der Waals surface area contributed by atoms with E-state index in [0.29, 0.717) is 22.2 Å². The number of carbonyl (C=O) groups excluding carboxylic acids is 1. The van der Waals surface area contributed by atoms with E-state index in [2.05, 4.69) is 5.32 Å². The van der Waals surface area contributed by atoms with E-state index in [9.17, 15) is 22.8 Å². The Kier molecular flexibility index (Phi) is 4.35. The molecule has 0 unspecified atom stereocenters. The lowest BCUT2D eigenvalue weighted by molar-refractivity contribution is -0.137. The van der Waals surface area contributed by atoms with E-state index in [1.54, 1.807) is 30.9 Å². The SMILES string of the molecule is Cn1ccc2c(cc(C(=O)NCc3ccc(C(F)(F)F)cc3)n2C)c1=O. The fourth-order valence-electron chi connectivity index (χ4n) is 2.73. The number of nitrogens with one attached hydrogen (secondary N) is 1. The predicted octanol–water partition coefficient (Wildman–Crippen LogP) is 2.83. The number of hydrogen-bond donors (Lipinski definition) is 1. The minimum atomic E-state index is -4.39. The first-order valence-electron chi connectivity index (χ1n) is 7.78. The summed E-state index contributed by atoms with van der Waals surface area (Å²) in [6.45, 7) is 0.0799. The van der Waals surface area contributed by atoms with Crippen molar-refractivity contribution in [3.05, 3.63) is 69.8 Å². The van der Waals surface area contributed by atoms with Gasteiger partial charge in [0, 0.05) is 26.8 Å². The predicted molar refractivity (Wildman–Crippen MR) is 90.8 cm³/mol. The largest absolute Gasteiger partial charge is 0.416 e. The molecule has 0 aliphatic carbocycles. The molecule has 0 saturated heterocycles. The van der Waals surface area contributed by atoms with Gasteiger partial charge in [-0.05, 0) is 29.8 Å². The van der Waals surface area contributed by atoms with Gasteiger partial charge in [0.05, 0.1) is 16.5 Å². The molecule has 0 radical (unpaired) electrons. The van der Waals surface area contributed by atoms with Gasteiger partial charge in [0.1, 0.15) is 5.69 Å². The van der Waals surface area contributed by atoms with Crippen molar-refractivity contribution in [1.29, 1.82) is 0 Å². The van der Waals surface area contributed by atoms with Crippen molar-refractivity contribution in [3.63, 3.8) is 0 Å². The molecule has 1 aromatic carbocycles. The number of aryl methyl sites for hydroxylation is 2. The molecule has 8 heteroatoms. The van der Waals surface area contributed by atoms with Gasteiger partial charge in [-0.1, -0.05) is 12.1 Å². The molecule has 0 aliphatic rings. The van der Waals surface area contributed by atoms with Crippen molar-refractivity contribution in [3.8, 4) is 0 Å². The lowest BCUT2D eigenvalue weighted by Crippen LogP contribution is -2.24. The van der Waals surface area contributed by atoms with Crippen molar-refractivity contribution >= 4 is 16.8 Å². The first kappa shape index (κ1) is 17.8. The van der Waals surface area contributed by atoms with Crippen LogP contribution >= 0.6 is 0 Å². The van der Waals surface area contributed by atoms with Crippen LogP contribution in [0.25, 0.3) is 10.9 Å². The summed E-state index contributed by atoms with van der Waals surface area (Å²) in [6, 6.07) is 7.84. The second-order valence-corrected chi connectivity index (χ2v) is 6.00. The molecular weight excluding hydrogens is 347 g/mol. The summed E-state index contributed by atoms with van der Waals surface area (Å²) in [5, 5.41) is 3.09. The average molecular weight is 363 g/mol. The fraction of sp³-hybridized carbons (Fsp3) is 0.222. The van der Waals surface area contributed by atoms with Crippen LogP contribution in [0.5, 0.6) is 0 Å². The Morgan fingerprint density at radius 2 is 1.77 bits per heavy atom. The maximum Gasteiger partial charge on any atom is 0.416 e. The Balaban J connectivity index is 1.79. The van der Waals surface area contributed by atoms with E-state index in [1.165, 1.54) is 22.8 Å². The standard InChI is InChI=1S/C18H16F3N3O2/c1-23-8-7-14-13(17(23)26)9-15(24(14)2)16(25)22-10-11-3-5-12(6-4-11)18(19,20)21/h3-9H,10H2,1-2H3,(H,22,25). The summed E-state index contributed by atoms with van der Waals surface area (Å²) in [6.07, 6.45) is -2.77. The van der Waals surface area contributed by atoms with E-state index >= 15 is 0 Å². The summed E-state index contributed by atoms with van der Waals surface area (Å²) in [5.74, 6) is -0.411. The van der Waals surface area contributed by atoms with Crippen LogP contribution in [0, 0.1) is 0 Å². The van der Waals surface area contributed by atoms with E-state index in [-0.39, 0.29) is 12.1 Å². The molecule has 0 spiro atoms. The van der Waals surface area contributed by atoms with Gasteiger partial charge in [-0.25, -0.2) is 0 Å². The van der Waals surface area contributed by atoms with Crippen LogP contribution in [0.15, 0.2) is 47.4 Å². The van der Waals surface area contributed by atoms with Crippen molar-refractivity contribution in [2.24, 2.45) is 14.1 Å². The van der Waals surface area contributed by atoms with Crippen molar-refractivity contribution in [1.82, 2.24) is 14.5 Å². The molecule has 2 heterocycles. The molecule has 136 valence electrons. The highest BCUT2D eigenvalue weighted by atomic mass is 19.4. The molecule has 3 aromatic rings. The zero-order valence-corrected chi connectivity index (χ0v) is 14.1. The van der Waals surface area contributed by atoms with Gasteiger partial charge >= 0.3 is 6.18 Å². The topological polar surface area (TPSA) is 56.0 Å². The third-order valence-corrected chi connectivity index (χ3v) is 4.25. The second kappa shape index (κ2) is 6.36. The maximum absolute atomic E-state index is 12.6. The zero-order chi connectivity index (χ0) is 19.1. The van der Waals surface area contributed by atoms with Gasteiger partial charge < -0.3 is 14.5 Å². The van der Waals surface area contributed by atoms with Gasteiger partial charge in [0.15, 0.2) is 0 Å². The summed E-state index contributed by atoms with van der Waals surface area (Å²) in [5.41, 5.74) is 0.529. The minimum Gasteiger partial charge on any atom is -0.347 e. The second-order valence-electron chi connectivity index (χ2n) is 6.00. The fourth-order valence-corrected chi connectivity index (χ4v) is 2.73. The highest BCUT2D eigenvalue weighted by Crippen LogP contribution is 2.29. The van der Waals surface area contributed by atoms with Crippen molar-refractivity contribution in [2.75, 3.05) is 0 Å². The third kappa shape index (κ3) is 3.22. The quantitative estimate of drug-likeness (QED) is 0.778. The first-order valence-corrected chi connectivity index (χ1v) is 7.78. The molecule has 1 N–H and O–H groups in total. The first-order chi connectivity index (χ1) is 12.2. The number of pyridine rings is 1. The molecular formula is C18H16F3N3O2. The molecule has 2 aromatic heterocycles. The van der Waals surface area contributed by atoms with Crippen LogP contribution in [0.3, 0.4) is 0 Å². The number of amides is 1. The van der Waals surface area contributed by atoms with Crippen molar-refractivity contribution in [2.45, 2.75) is 12.7 Å². The minimum absolute atomic E-state index is 0.0799. The molecule has 0 atom stereocenters. The van der Waals surface area contributed by atoms with Crippen LogP contribution in [0.4, 0.5) is 13.2 Å². The normalized spacial score (nSPS) is 11.7. The van der Waals surface area contributed by atoms with E-state index in [0.717, 1.165) is 12.1 Å². The van der Waals surface area contributed by atoms with Crippen LogP contribution in [0.1, 0.15) is 21.6 Å². The Labute approximate surface area is 146 Å². The highest BCUT2D eigenvalue weighted by molar-refractivity contribution is 5.98. The Hall–Kier alpha value is -3.03. The number of rotatable bonds is 3. The molecule has 5 nitrogen and oxygen atoms in total. The van der Waals surface area contributed by atoms with Gasteiger partial charge in [-0.2, -0.15) is 13.2 Å². The molecule has 3 rings (SSSR count). The van der Waals surface area contributed by atoms with Crippen LogP contribution in [-0.4, -0.2) is 15.0 Å². The van der Waals surface area contributed by atoms with Gasteiger partial charge in [0.25, 0.3) is 11.5 Å². The molecule has 26 heavy (non-hydrogen) atoms. The number of carbonyl (C=O) groups is 1. The number of alkyl halides is 3.